The Morgan fingerprint density at radius 3 is 2.25 bits per heavy atom. The summed E-state index contributed by atoms with van der Waals surface area (Å²) in [4.78, 5) is 1.93. The van der Waals surface area contributed by atoms with Crippen LogP contribution in [-0.2, 0) is 0 Å². The van der Waals surface area contributed by atoms with E-state index in [4.69, 9.17) is 5.41 Å². The topological polar surface area (TPSA) is 27.1 Å². The minimum atomic E-state index is 0.645. The van der Waals surface area contributed by atoms with Crippen molar-refractivity contribution in [3.63, 3.8) is 0 Å². The number of nitrogens with zero attached hydrogens (tertiary/aromatic N) is 1. The molecule has 48 valence electrons. The molecule has 0 radical (unpaired) electrons. The molecule has 0 aliphatic rings. The maximum absolute atomic E-state index is 7.13. The first kappa shape index (κ1) is 7.47. The Bertz CT molecular complexity index is 78.6. The third-order valence-electron chi connectivity index (χ3n) is 1.13. The van der Waals surface area contributed by atoms with Gasteiger partial charge in [0.2, 0.25) is 0 Å². The van der Waals surface area contributed by atoms with Crippen LogP contribution in [0.15, 0.2) is 0 Å². The number of nitrogens with one attached hydrogen (secondary N) is 1. The fourth-order valence-electron chi connectivity index (χ4n) is 0.503. The molecule has 0 aromatic heterocycles. The Kier molecular flexibility index (Phi) is 3.24. The zero-order valence-electron chi connectivity index (χ0n) is 5.86. The molecule has 0 unspecified atom stereocenters. The molecular formula is C6H14N2. The highest BCUT2D eigenvalue weighted by Crippen LogP contribution is 1.85. The summed E-state index contributed by atoms with van der Waals surface area (Å²) in [7, 11) is 1.94. The second-order valence-corrected chi connectivity index (χ2v) is 2.01. The summed E-state index contributed by atoms with van der Waals surface area (Å²) in [5, 5.41) is 7.13. The van der Waals surface area contributed by atoms with Crippen molar-refractivity contribution in [1.82, 2.24) is 4.90 Å². The fourth-order valence-corrected chi connectivity index (χ4v) is 0.503. The lowest BCUT2D eigenvalue weighted by Crippen LogP contribution is -2.23. The molecule has 0 rings (SSSR count). The number of amidine groups is 1. The summed E-state index contributed by atoms with van der Waals surface area (Å²) in [6.07, 6.45) is 1.12. The zero-order chi connectivity index (χ0) is 6.57. The average Bonchev–Trinajstić information content (AvgIpc) is 1.67. The highest BCUT2D eigenvalue weighted by atomic mass is 15.1. The Hall–Kier alpha value is -0.530. The minimum Gasteiger partial charge on any atom is -0.364 e. The van der Waals surface area contributed by atoms with E-state index in [1.165, 1.54) is 0 Å². The van der Waals surface area contributed by atoms with E-state index in [9.17, 15) is 0 Å². The Morgan fingerprint density at radius 1 is 1.62 bits per heavy atom. The van der Waals surface area contributed by atoms with Gasteiger partial charge in [0.1, 0.15) is 0 Å². The van der Waals surface area contributed by atoms with Gasteiger partial charge in [-0.2, -0.15) is 0 Å². The van der Waals surface area contributed by atoms with E-state index in [-0.39, 0.29) is 0 Å². The molecule has 0 saturated carbocycles. The molecule has 0 aromatic carbocycles. The molecule has 1 N–H and O–H groups in total. The minimum absolute atomic E-state index is 0.645. The third kappa shape index (κ3) is 2.61. The van der Waals surface area contributed by atoms with Crippen LogP contribution in [0.1, 0.15) is 20.3 Å². The van der Waals surface area contributed by atoms with E-state index in [0.717, 1.165) is 13.0 Å². The van der Waals surface area contributed by atoms with Crippen LogP contribution in [0.3, 0.4) is 0 Å². The van der Waals surface area contributed by atoms with Gasteiger partial charge >= 0.3 is 0 Å². The van der Waals surface area contributed by atoms with E-state index in [1.807, 2.05) is 11.9 Å². The molecule has 0 heterocycles. The van der Waals surface area contributed by atoms with Crippen molar-refractivity contribution in [2.45, 2.75) is 20.3 Å². The second-order valence-electron chi connectivity index (χ2n) is 2.01. The second kappa shape index (κ2) is 3.47. The van der Waals surface area contributed by atoms with E-state index in [2.05, 4.69) is 6.92 Å². The van der Waals surface area contributed by atoms with Crippen molar-refractivity contribution >= 4 is 5.84 Å². The van der Waals surface area contributed by atoms with Gasteiger partial charge in [0.05, 0.1) is 5.84 Å². The summed E-state index contributed by atoms with van der Waals surface area (Å²) in [5.41, 5.74) is 0. The lowest BCUT2D eigenvalue weighted by Gasteiger charge is -2.14. The van der Waals surface area contributed by atoms with Gasteiger partial charge in [0.25, 0.3) is 0 Å². The fraction of sp³-hybridized carbons (Fsp3) is 0.833. The van der Waals surface area contributed by atoms with Gasteiger partial charge in [-0.3, -0.25) is 5.41 Å². The third-order valence-corrected chi connectivity index (χ3v) is 1.13. The largest absolute Gasteiger partial charge is 0.364 e. The highest BCUT2D eigenvalue weighted by molar-refractivity contribution is 5.75. The van der Waals surface area contributed by atoms with Crippen molar-refractivity contribution in [2.24, 2.45) is 0 Å². The lowest BCUT2D eigenvalue weighted by molar-refractivity contribution is 0.495. The van der Waals surface area contributed by atoms with Gasteiger partial charge in [-0.25, -0.2) is 0 Å². The SMILES string of the molecule is CCCN(C)C(C)=N. The predicted octanol–water partition coefficient (Wildman–Crippen LogP) is 1.33. The number of hydrogen-bond acceptors (Lipinski definition) is 1. The average molecular weight is 114 g/mol. The van der Waals surface area contributed by atoms with Gasteiger partial charge in [0.15, 0.2) is 0 Å². The summed E-state index contributed by atoms with van der Waals surface area (Å²) >= 11 is 0. The molecule has 0 spiro atoms. The smallest absolute Gasteiger partial charge is 0.0923 e. The molecule has 0 amide bonds. The van der Waals surface area contributed by atoms with Crippen molar-refractivity contribution < 1.29 is 0 Å². The quantitative estimate of drug-likeness (QED) is 0.425. The maximum Gasteiger partial charge on any atom is 0.0923 e. The van der Waals surface area contributed by atoms with Gasteiger partial charge in [-0.05, 0) is 13.3 Å². The van der Waals surface area contributed by atoms with E-state index in [0.29, 0.717) is 5.84 Å². The van der Waals surface area contributed by atoms with Crippen molar-refractivity contribution in [1.29, 1.82) is 5.41 Å². The van der Waals surface area contributed by atoms with E-state index >= 15 is 0 Å². The highest BCUT2D eigenvalue weighted by Gasteiger charge is 1.92. The predicted molar refractivity (Wildman–Crippen MR) is 36.3 cm³/mol. The van der Waals surface area contributed by atoms with Crippen molar-refractivity contribution in [2.75, 3.05) is 13.6 Å². The molecule has 0 fully saturated rings. The Labute approximate surface area is 51.0 Å². The summed E-state index contributed by atoms with van der Waals surface area (Å²) < 4.78 is 0. The van der Waals surface area contributed by atoms with E-state index < -0.39 is 0 Å². The standard InChI is InChI=1S/C6H14N2/c1-4-5-8(3)6(2)7/h7H,4-5H2,1-3H3. The van der Waals surface area contributed by atoms with Gasteiger partial charge in [-0.15, -0.1) is 0 Å². The molecule has 0 saturated heterocycles. The first-order valence-corrected chi connectivity index (χ1v) is 2.94. The number of rotatable bonds is 2. The monoisotopic (exact) mass is 114 g/mol. The number of hydrogen-bond donors (Lipinski definition) is 1. The van der Waals surface area contributed by atoms with Crippen LogP contribution in [0.5, 0.6) is 0 Å². The van der Waals surface area contributed by atoms with Crippen LogP contribution in [-0.4, -0.2) is 24.3 Å². The molecule has 2 nitrogen and oxygen atoms in total. The first-order valence-electron chi connectivity index (χ1n) is 2.94. The summed E-state index contributed by atoms with van der Waals surface area (Å²) in [6, 6.07) is 0. The van der Waals surface area contributed by atoms with Gasteiger partial charge in [0, 0.05) is 13.6 Å². The summed E-state index contributed by atoms with van der Waals surface area (Å²) in [6.45, 7) is 4.91. The van der Waals surface area contributed by atoms with Crippen molar-refractivity contribution in [3.05, 3.63) is 0 Å². The maximum atomic E-state index is 7.13. The van der Waals surface area contributed by atoms with E-state index in [1.54, 1.807) is 6.92 Å². The van der Waals surface area contributed by atoms with Crippen LogP contribution < -0.4 is 0 Å². The normalized spacial score (nSPS) is 8.88. The molecule has 0 atom stereocenters. The molecule has 0 aliphatic carbocycles. The van der Waals surface area contributed by atoms with Gasteiger partial charge in [-0.1, -0.05) is 6.92 Å². The zero-order valence-corrected chi connectivity index (χ0v) is 5.86. The Morgan fingerprint density at radius 2 is 2.12 bits per heavy atom. The van der Waals surface area contributed by atoms with Gasteiger partial charge < -0.3 is 4.90 Å². The summed E-state index contributed by atoms with van der Waals surface area (Å²) in [5.74, 6) is 0.645. The van der Waals surface area contributed by atoms with Crippen LogP contribution in [0.4, 0.5) is 0 Å². The molecule has 2 heteroatoms. The molecular weight excluding hydrogens is 100 g/mol. The van der Waals surface area contributed by atoms with Crippen LogP contribution in [0.2, 0.25) is 0 Å². The first-order chi connectivity index (χ1) is 3.68. The molecule has 8 heavy (non-hydrogen) atoms. The molecule has 0 aromatic rings. The van der Waals surface area contributed by atoms with Crippen molar-refractivity contribution in [3.8, 4) is 0 Å². The Balaban J connectivity index is 3.32. The van der Waals surface area contributed by atoms with Crippen LogP contribution in [0, 0.1) is 5.41 Å². The van der Waals surface area contributed by atoms with Crippen LogP contribution >= 0.6 is 0 Å². The van der Waals surface area contributed by atoms with Crippen LogP contribution in [0.25, 0.3) is 0 Å². The molecule has 0 aliphatic heterocycles. The molecule has 0 bridgehead atoms. The lowest BCUT2D eigenvalue weighted by atomic mass is 10.4.